The average molecular weight is 324 g/mol. The Kier molecular flexibility index (Phi) is 3.12. The second-order valence-corrected chi connectivity index (χ2v) is 5.90. The van der Waals surface area contributed by atoms with Crippen molar-refractivity contribution in [1.82, 2.24) is 9.97 Å². The van der Waals surface area contributed by atoms with Gasteiger partial charge in [-0.1, -0.05) is 39.7 Å². The van der Waals surface area contributed by atoms with Gasteiger partial charge in [0.15, 0.2) is 0 Å². The first-order valence-corrected chi connectivity index (χ1v) is 7.12. The quantitative estimate of drug-likeness (QED) is 0.746. The van der Waals surface area contributed by atoms with Gasteiger partial charge >= 0.3 is 0 Å². The maximum Gasteiger partial charge on any atom is 0.136 e. The van der Waals surface area contributed by atoms with Crippen LogP contribution in [0, 0.1) is 6.92 Å². The molecule has 0 amide bonds. The molecule has 0 radical (unpaired) electrons. The largest absolute Gasteiger partial charge is 0.232 e. The maximum absolute atomic E-state index is 6.21. The molecular formula is C14H12BrClN2. The molecule has 0 aliphatic heterocycles. The molecular weight excluding hydrogens is 312 g/mol. The minimum Gasteiger partial charge on any atom is -0.232 e. The van der Waals surface area contributed by atoms with Gasteiger partial charge in [-0.25, -0.2) is 9.97 Å². The third-order valence-electron chi connectivity index (χ3n) is 3.16. The Labute approximate surface area is 120 Å². The van der Waals surface area contributed by atoms with E-state index in [0.29, 0.717) is 11.1 Å². The molecule has 1 saturated carbocycles. The molecule has 1 aromatic carbocycles. The van der Waals surface area contributed by atoms with Crippen molar-refractivity contribution in [3.05, 3.63) is 45.3 Å². The Hall–Kier alpha value is -0.930. The van der Waals surface area contributed by atoms with E-state index in [-0.39, 0.29) is 0 Å². The Morgan fingerprint density at radius 1 is 1.17 bits per heavy atom. The first-order chi connectivity index (χ1) is 8.65. The lowest BCUT2D eigenvalue weighted by Gasteiger charge is -2.09. The third kappa shape index (κ3) is 2.29. The van der Waals surface area contributed by atoms with Crippen LogP contribution in [0.5, 0.6) is 0 Å². The Bertz CT molecular complexity index is 591. The van der Waals surface area contributed by atoms with Crippen molar-refractivity contribution in [3.8, 4) is 11.3 Å². The van der Waals surface area contributed by atoms with E-state index in [2.05, 4.69) is 25.9 Å². The molecule has 0 N–H and O–H groups in total. The molecule has 0 saturated heterocycles. The van der Waals surface area contributed by atoms with Gasteiger partial charge in [0.05, 0.1) is 5.69 Å². The predicted octanol–water partition coefficient (Wildman–Crippen LogP) is 4.75. The number of rotatable bonds is 2. The molecule has 1 heterocycles. The Balaban J connectivity index is 2.12. The minimum atomic E-state index is 0.511. The third-order valence-corrected chi connectivity index (χ3v) is 4.06. The highest BCUT2D eigenvalue weighted by Crippen LogP contribution is 2.40. The molecule has 1 aromatic heterocycles. The molecule has 18 heavy (non-hydrogen) atoms. The number of nitrogens with zero attached hydrogens (tertiary/aromatic N) is 2. The zero-order chi connectivity index (χ0) is 12.7. The molecule has 0 unspecified atom stereocenters. The summed E-state index contributed by atoms with van der Waals surface area (Å²) in [5, 5.41) is 0.574. The molecule has 0 spiro atoms. The van der Waals surface area contributed by atoms with Gasteiger partial charge in [0, 0.05) is 21.5 Å². The van der Waals surface area contributed by atoms with Crippen molar-refractivity contribution >= 4 is 27.5 Å². The number of aromatic nitrogens is 2. The van der Waals surface area contributed by atoms with Gasteiger partial charge < -0.3 is 0 Å². The van der Waals surface area contributed by atoms with Crippen LogP contribution in [0.1, 0.15) is 30.1 Å². The number of hydrogen-bond acceptors (Lipinski definition) is 2. The van der Waals surface area contributed by atoms with Crippen LogP contribution in [0.3, 0.4) is 0 Å². The number of halogens is 2. The lowest BCUT2D eigenvalue weighted by molar-refractivity contribution is 0.922. The summed E-state index contributed by atoms with van der Waals surface area (Å²) in [7, 11) is 0. The standard InChI is InChI=1S/C14H12BrClN2/c1-8-12(9-4-6-11(15)7-5-9)17-14(10-2-3-10)18-13(8)16/h4-7,10H,2-3H2,1H3. The highest BCUT2D eigenvalue weighted by molar-refractivity contribution is 9.10. The van der Waals surface area contributed by atoms with Gasteiger partial charge in [-0.15, -0.1) is 0 Å². The van der Waals surface area contributed by atoms with Crippen LogP contribution < -0.4 is 0 Å². The highest BCUT2D eigenvalue weighted by atomic mass is 79.9. The average Bonchev–Trinajstić information content (AvgIpc) is 3.18. The lowest BCUT2D eigenvalue weighted by atomic mass is 10.1. The van der Waals surface area contributed by atoms with Crippen molar-refractivity contribution in [2.24, 2.45) is 0 Å². The first kappa shape index (κ1) is 12.1. The van der Waals surface area contributed by atoms with Crippen molar-refractivity contribution in [3.63, 3.8) is 0 Å². The number of hydrogen-bond donors (Lipinski definition) is 0. The summed E-state index contributed by atoms with van der Waals surface area (Å²) in [4.78, 5) is 9.07. The van der Waals surface area contributed by atoms with Crippen LogP contribution in [0.4, 0.5) is 0 Å². The zero-order valence-corrected chi connectivity index (χ0v) is 12.3. The fourth-order valence-corrected chi connectivity index (χ4v) is 2.36. The van der Waals surface area contributed by atoms with E-state index in [1.165, 1.54) is 12.8 Å². The van der Waals surface area contributed by atoms with Gasteiger partial charge in [0.25, 0.3) is 0 Å². The minimum absolute atomic E-state index is 0.511. The summed E-state index contributed by atoms with van der Waals surface area (Å²) in [6.07, 6.45) is 2.36. The Morgan fingerprint density at radius 3 is 2.44 bits per heavy atom. The molecule has 2 nitrogen and oxygen atoms in total. The van der Waals surface area contributed by atoms with Gasteiger partial charge in [-0.05, 0) is 31.9 Å². The van der Waals surface area contributed by atoms with Crippen molar-refractivity contribution in [2.75, 3.05) is 0 Å². The summed E-state index contributed by atoms with van der Waals surface area (Å²) in [5.41, 5.74) is 2.98. The van der Waals surface area contributed by atoms with Crippen LogP contribution in [-0.2, 0) is 0 Å². The van der Waals surface area contributed by atoms with Gasteiger partial charge in [0.1, 0.15) is 11.0 Å². The molecule has 1 aliphatic carbocycles. The van der Waals surface area contributed by atoms with Crippen molar-refractivity contribution in [1.29, 1.82) is 0 Å². The molecule has 3 rings (SSSR count). The molecule has 0 bridgehead atoms. The van der Waals surface area contributed by atoms with E-state index in [1.807, 2.05) is 31.2 Å². The number of benzene rings is 1. The summed E-state index contributed by atoms with van der Waals surface area (Å²) in [6.45, 7) is 1.97. The van der Waals surface area contributed by atoms with E-state index in [4.69, 9.17) is 11.6 Å². The summed E-state index contributed by atoms with van der Waals surface area (Å²) in [6, 6.07) is 8.13. The van der Waals surface area contributed by atoms with Gasteiger partial charge in [-0.3, -0.25) is 0 Å². The highest BCUT2D eigenvalue weighted by Gasteiger charge is 2.28. The second kappa shape index (κ2) is 4.63. The molecule has 4 heteroatoms. The SMILES string of the molecule is Cc1c(Cl)nc(C2CC2)nc1-c1ccc(Br)cc1. The Morgan fingerprint density at radius 2 is 1.83 bits per heavy atom. The van der Waals surface area contributed by atoms with E-state index in [9.17, 15) is 0 Å². The molecule has 1 fully saturated rings. The molecule has 92 valence electrons. The zero-order valence-electron chi connectivity index (χ0n) is 9.95. The maximum atomic E-state index is 6.21. The second-order valence-electron chi connectivity index (χ2n) is 4.63. The van der Waals surface area contributed by atoms with E-state index in [0.717, 1.165) is 27.1 Å². The molecule has 0 atom stereocenters. The molecule has 2 aromatic rings. The van der Waals surface area contributed by atoms with Crippen LogP contribution in [0.2, 0.25) is 5.15 Å². The van der Waals surface area contributed by atoms with Crippen LogP contribution in [0.25, 0.3) is 11.3 Å². The van der Waals surface area contributed by atoms with Crippen LogP contribution in [-0.4, -0.2) is 9.97 Å². The van der Waals surface area contributed by atoms with E-state index < -0.39 is 0 Å². The van der Waals surface area contributed by atoms with E-state index >= 15 is 0 Å². The predicted molar refractivity (Wildman–Crippen MR) is 76.9 cm³/mol. The fraction of sp³-hybridized carbons (Fsp3) is 0.286. The molecule has 1 aliphatic rings. The van der Waals surface area contributed by atoms with Gasteiger partial charge in [-0.2, -0.15) is 0 Å². The summed E-state index contributed by atoms with van der Waals surface area (Å²) in [5.74, 6) is 1.40. The van der Waals surface area contributed by atoms with Crippen LogP contribution in [0.15, 0.2) is 28.7 Å². The van der Waals surface area contributed by atoms with Crippen LogP contribution >= 0.6 is 27.5 Å². The summed E-state index contributed by atoms with van der Waals surface area (Å²) >= 11 is 9.65. The van der Waals surface area contributed by atoms with Crippen molar-refractivity contribution in [2.45, 2.75) is 25.7 Å². The smallest absolute Gasteiger partial charge is 0.136 e. The monoisotopic (exact) mass is 322 g/mol. The normalized spacial score (nSPS) is 14.8. The summed E-state index contributed by atoms with van der Waals surface area (Å²) < 4.78 is 1.06. The lowest BCUT2D eigenvalue weighted by Crippen LogP contribution is -1.99. The fourth-order valence-electron chi connectivity index (χ4n) is 1.92. The van der Waals surface area contributed by atoms with E-state index in [1.54, 1.807) is 0 Å². The van der Waals surface area contributed by atoms with Gasteiger partial charge in [0.2, 0.25) is 0 Å². The van der Waals surface area contributed by atoms with Crippen molar-refractivity contribution < 1.29 is 0 Å². The first-order valence-electron chi connectivity index (χ1n) is 5.95. The topological polar surface area (TPSA) is 25.8 Å².